The molecular formula is C28H36N2O5. The summed E-state index contributed by atoms with van der Waals surface area (Å²) in [6, 6.07) is 14.8. The van der Waals surface area contributed by atoms with Crippen molar-refractivity contribution in [3.8, 4) is 5.75 Å². The molecule has 0 aliphatic carbocycles. The van der Waals surface area contributed by atoms with Crippen LogP contribution in [-0.2, 0) is 27.2 Å². The molecular weight excluding hydrogens is 444 g/mol. The number of methoxy groups -OCH3 is 1. The van der Waals surface area contributed by atoms with Gasteiger partial charge in [-0.05, 0) is 35.6 Å². The van der Waals surface area contributed by atoms with Crippen molar-refractivity contribution < 1.29 is 23.9 Å². The van der Waals surface area contributed by atoms with E-state index in [9.17, 15) is 14.4 Å². The average molecular weight is 481 g/mol. The number of hydrogen-bond donors (Lipinski definition) is 0. The van der Waals surface area contributed by atoms with E-state index in [-0.39, 0.29) is 36.8 Å². The van der Waals surface area contributed by atoms with Crippen molar-refractivity contribution in [2.45, 2.75) is 53.5 Å². The Labute approximate surface area is 208 Å². The van der Waals surface area contributed by atoms with Crippen LogP contribution in [0, 0.1) is 11.3 Å². The summed E-state index contributed by atoms with van der Waals surface area (Å²) in [6.07, 6.45) is -0.0700. The number of imide groups is 1. The molecule has 0 N–H and O–H groups in total. The fourth-order valence-electron chi connectivity index (χ4n) is 4.18. The summed E-state index contributed by atoms with van der Waals surface area (Å²) < 4.78 is 10.8. The van der Waals surface area contributed by atoms with Crippen LogP contribution in [0.25, 0.3) is 0 Å². The van der Waals surface area contributed by atoms with E-state index in [1.807, 2.05) is 57.2 Å². The molecule has 1 aliphatic heterocycles. The van der Waals surface area contributed by atoms with Gasteiger partial charge in [0.25, 0.3) is 0 Å². The van der Waals surface area contributed by atoms with Crippen LogP contribution in [-0.4, -0.2) is 49.1 Å². The van der Waals surface area contributed by atoms with Gasteiger partial charge < -0.3 is 14.4 Å². The zero-order valence-electron chi connectivity index (χ0n) is 21.5. The van der Waals surface area contributed by atoms with E-state index in [2.05, 4.69) is 13.8 Å². The lowest BCUT2D eigenvalue weighted by Crippen LogP contribution is -2.42. The molecule has 1 fully saturated rings. The van der Waals surface area contributed by atoms with Crippen LogP contribution >= 0.6 is 0 Å². The maximum absolute atomic E-state index is 13.3. The zero-order chi connectivity index (χ0) is 25.8. The number of nitrogens with zero attached hydrogens (tertiary/aromatic N) is 2. The lowest BCUT2D eigenvalue weighted by atomic mass is 9.93. The predicted octanol–water partition coefficient (Wildman–Crippen LogP) is 4.86. The molecule has 3 rings (SSSR count). The van der Waals surface area contributed by atoms with E-state index < -0.39 is 11.5 Å². The van der Waals surface area contributed by atoms with Gasteiger partial charge in [0.1, 0.15) is 12.4 Å². The van der Waals surface area contributed by atoms with Gasteiger partial charge in [0.05, 0.1) is 25.3 Å². The first kappa shape index (κ1) is 26.3. The van der Waals surface area contributed by atoms with E-state index in [1.54, 1.807) is 24.1 Å². The van der Waals surface area contributed by atoms with Gasteiger partial charge in [-0.15, -0.1) is 0 Å². The monoisotopic (exact) mass is 480 g/mol. The van der Waals surface area contributed by atoms with Crippen LogP contribution in [0.5, 0.6) is 5.75 Å². The van der Waals surface area contributed by atoms with Crippen LogP contribution < -0.4 is 9.64 Å². The van der Waals surface area contributed by atoms with Gasteiger partial charge in [-0.25, -0.2) is 9.69 Å². The van der Waals surface area contributed by atoms with Gasteiger partial charge in [0, 0.05) is 12.0 Å². The molecule has 2 aromatic rings. The Morgan fingerprint density at radius 3 is 2.40 bits per heavy atom. The summed E-state index contributed by atoms with van der Waals surface area (Å²) >= 11 is 0. The lowest BCUT2D eigenvalue weighted by Gasteiger charge is -2.32. The van der Waals surface area contributed by atoms with Crippen molar-refractivity contribution in [3.63, 3.8) is 0 Å². The van der Waals surface area contributed by atoms with Crippen molar-refractivity contribution in [2.24, 2.45) is 11.3 Å². The Bertz CT molecular complexity index is 1060. The molecule has 1 heterocycles. The SMILES string of the molecule is COc1ccc(CC(=O)N2C(=O)OCC2Cc2ccccc2)cc1N(CC(C)C)C(=O)C(C)(C)C. The highest BCUT2D eigenvalue weighted by Crippen LogP contribution is 2.34. The highest BCUT2D eigenvalue weighted by Gasteiger charge is 2.38. The number of carbonyl (C=O) groups excluding carboxylic acids is 3. The molecule has 7 heteroatoms. The third-order valence-corrected chi connectivity index (χ3v) is 5.87. The molecule has 3 amide bonds. The smallest absolute Gasteiger partial charge is 0.416 e. The van der Waals surface area contributed by atoms with E-state index in [0.29, 0.717) is 30.0 Å². The Balaban J connectivity index is 1.87. The van der Waals surface area contributed by atoms with Crippen LogP contribution in [0.15, 0.2) is 48.5 Å². The summed E-state index contributed by atoms with van der Waals surface area (Å²) in [7, 11) is 1.56. The highest BCUT2D eigenvalue weighted by atomic mass is 16.6. The number of ether oxygens (including phenoxy) is 2. The number of benzene rings is 2. The first-order chi connectivity index (χ1) is 16.5. The molecule has 0 radical (unpaired) electrons. The fraction of sp³-hybridized carbons (Fsp3) is 0.464. The van der Waals surface area contributed by atoms with Crippen molar-refractivity contribution >= 4 is 23.6 Å². The van der Waals surface area contributed by atoms with Gasteiger partial charge in [-0.1, -0.05) is 71.0 Å². The van der Waals surface area contributed by atoms with Gasteiger partial charge >= 0.3 is 6.09 Å². The first-order valence-electron chi connectivity index (χ1n) is 12.0. The van der Waals surface area contributed by atoms with Gasteiger partial charge in [0.2, 0.25) is 11.8 Å². The Kier molecular flexibility index (Phi) is 8.20. The normalized spacial score (nSPS) is 15.8. The maximum Gasteiger partial charge on any atom is 0.416 e. The molecule has 188 valence electrons. The molecule has 1 unspecified atom stereocenters. The minimum atomic E-state index is -0.617. The van der Waals surface area contributed by atoms with Crippen LogP contribution in [0.4, 0.5) is 10.5 Å². The quantitative estimate of drug-likeness (QED) is 0.539. The molecule has 0 saturated carbocycles. The first-order valence-corrected chi connectivity index (χ1v) is 12.0. The zero-order valence-corrected chi connectivity index (χ0v) is 21.5. The number of cyclic esters (lactones) is 1. The van der Waals surface area contributed by atoms with Crippen LogP contribution in [0.3, 0.4) is 0 Å². The summed E-state index contributed by atoms with van der Waals surface area (Å²) in [4.78, 5) is 41.9. The second kappa shape index (κ2) is 10.9. The van der Waals surface area contributed by atoms with Crippen molar-refractivity contribution in [2.75, 3.05) is 25.2 Å². The molecule has 1 atom stereocenters. The third kappa shape index (κ3) is 6.41. The van der Waals surface area contributed by atoms with Gasteiger partial charge in [0.15, 0.2) is 0 Å². The topological polar surface area (TPSA) is 76.2 Å². The minimum absolute atomic E-state index is 0.0105. The Hall–Kier alpha value is -3.35. The Morgan fingerprint density at radius 2 is 1.80 bits per heavy atom. The van der Waals surface area contributed by atoms with Gasteiger partial charge in [-0.2, -0.15) is 0 Å². The lowest BCUT2D eigenvalue weighted by molar-refractivity contribution is -0.128. The van der Waals surface area contributed by atoms with Crippen LogP contribution in [0.1, 0.15) is 45.7 Å². The second-order valence-electron chi connectivity index (χ2n) is 10.4. The fourth-order valence-corrected chi connectivity index (χ4v) is 4.18. The number of rotatable bonds is 8. The molecule has 7 nitrogen and oxygen atoms in total. The molecule has 0 spiro atoms. The maximum atomic E-state index is 13.3. The number of amides is 3. The van der Waals surface area contributed by atoms with Crippen molar-refractivity contribution in [3.05, 3.63) is 59.7 Å². The molecule has 1 saturated heterocycles. The number of hydrogen-bond acceptors (Lipinski definition) is 5. The van der Waals surface area contributed by atoms with E-state index in [1.165, 1.54) is 4.90 Å². The standard InChI is InChI=1S/C28H36N2O5/c1-19(2)17-29(26(32)28(3,4)5)23-15-21(12-13-24(23)34-6)16-25(31)30-22(18-35-27(30)33)14-20-10-8-7-9-11-20/h7-13,15,19,22H,14,16-18H2,1-6H3. The molecule has 0 bridgehead atoms. The van der Waals surface area contributed by atoms with E-state index in [0.717, 1.165) is 5.56 Å². The minimum Gasteiger partial charge on any atom is -0.495 e. The third-order valence-electron chi connectivity index (χ3n) is 5.87. The summed E-state index contributed by atoms with van der Waals surface area (Å²) in [5, 5.41) is 0. The molecule has 35 heavy (non-hydrogen) atoms. The predicted molar refractivity (Wildman–Crippen MR) is 135 cm³/mol. The summed E-state index contributed by atoms with van der Waals surface area (Å²) in [5.41, 5.74) is 1.76. The van der Waals surface area contributed by atoms with E-state index >= 15 is 0 Å². The summed E-state index contributed by atoms with van der Waals surface area (Å²) in [6.45, 7) is 10.4. The van der Waals surface area contributed by atoms with Crippen LogP contribution in [0.2, 0.25) is 0 Å². The largest absolute Gasteiger partial charge is 0.495 e. The molecule has 2 aromatic carbocycles. The van der Waals surface area contributed by atoms with Crippen molar-refractivity contribution in [1.82, 2.24) is 4.90 Å². The Morgan fingerprint density at radius 1 is 1.11 bits per heavy atom. The average Bonchev–Trinajstić information content (AvgIpc) is 3.16. The highest BCUT2D eigenvalue weighted by molar-refractivity contribution is 5.99. The van der Waals surface area contributed by atoms with Crippen molar-refractivity contribution in [1.29, 1.82) is 0 Å². The molecule has 0 aromatic heterocycles. The van der Waals surface area contributed by atoms with Gasteiger partial charge in [-0.3, -0.25) is 9.59 Å². The number of carbonyl (C=O) groups is 3. The molecule has 1 aliphatic rings. The summed E-state index contributed by atoms with van der Waals surface area (Å²) in [5.74, 6) is 0.428. The number of anilines is 1. The second-order valence-corrected chi connectivity index (χ2v) is 10.4. The van der Waals surface area contributed by atoms with E-state index in [4.69, 9.17) is 9.47 Å².